The fourth-order valence-electron chi connectivity index (χ4n) is 5.77. The number of allylic oxidation sites excluding steroid dienone is 10. The van der Waals surface area contributed by atoms with Gasteiger partial charge in [-0.3, -0.25) is 9.35 Å². The topological polar surface area (TPSA) is 104 Å². The van der Waals surface area contributed by atoms with Crippen molar-refractivity contribution in [2.24, 2.45) is 0 Å². The molecule has 2 unspecified atom stereocenters. The molecule has 0 fully saturated rings. The van der Waals surface area contributed by atoms with Crippen molar-refractivity contribution in [2.75, 3.05) is 5.75 Å². The molecule has 0 saturated carbocycles. The third-order valence-corrected chi connectivity index (χ3v) is 9.52. The lowest BCUT2D eigenvalue weighted by molar-refractivity contribution is -0.122. The van der Waals surface area contributed by atoms with Crippen molar-refractivity contribution < 1.29 is 22.9 Å². The van der Waals surface area contributed by atoms with Crippen molar-refractivity contribution in [3.8, 4) is 0 Å². The van der Waals surface area contributed by atoms with Gasteiger partial charge in [-0.1, -0.05) is 177 Å². The monoisotopic (exact) mass is 706 g/mol. The Balaban J connectivity index is 3.94. The largest absolute Gasteiger partial charge is 0.391 e. The summed E-state index contributed by atoms with van der Waals surface area (Å²) >= 11 is 0. The van der Waals surface area contributed by atoms with Gasteiger partial charge in [0.15, 0.2) is 0 Å². The molecule has 0 aliphatic heterocycles. The molecule has 0 aromatic heterocycles. The lowest BCUT2D eigenvalue weighted by atomic mass is 10.0. The molecule has 0 spiro atoms. The first-order valence-electron chi connectivity index (χ1n) is 20.0. The molecule has 284 valence electrons. The summed E-state index contributed by atoms with van der Waals surface area (Å²) in [5, 5.41) is 13.3. The Hall–Kier alpha value is -1.96. The van der Waals surface area contributed by atoms with Crippen molar-refractivity contribution in [3.05, 3.63) is 60.8 Å². The molecule has 0 heterocycles. The van der Waals surface area contributed by atoms with Gasteiger partial charge in [-0.05, 0) is 57.8 Å². The molecule has 6 nitrogen and oxygen atoms in total. The average molecular weight is 706 g/mol. The Morgan fingerprint density at radius 3 is 1.45 bits per heavy atom. The van der Waals surface area contributed by atoms with E-state index in [2.05, 4.69) is 79.9 Å². The number of aliphatic hydroxyl groups excluding tert-OH is 1. The molecule has 7 heteroatoms. The first-order chi connectivity index (χ1) is 23.8. The van der Waals surface area contributed by atoms with Crippen LogP contribution in [-0.4, -0.2) is 41.9 Å². The predicted octanol–water partition coefficient (Wildman–Crippen LogP) is 11.7. The molecular formula is C42H75NO5S. The number of unbranched alkanes of at least 4 members (excludes halogenated alkanes) is 17. The summed E-state index contributed by atoms with van der Waals surface area (Å²) < 4.78 is 32.5. The third-order valence-electron chi connectivity index (χ3n) is 8.74. The van der Waals surface area contributed by atoms with Crippen LogP contribution in [0.15, 0.2) is 60.8 Å². The van der Waals surface area contributed by atoms with Gasteiger partial charge in [0.1, 0.15) is 0 Å². The minimum Gasteiger partial charge on any atom is -0.391 e. The van der Waals surface area contributed by atoms with Crippen LogP contribution < -0.4 is 5.32 Å². The van der Waals surface area contributed by atoms with E-state index in [0.29, 0.717) is 12.8 Å². The van der Waals surface area contributed by atoms with Crippen LogP contribution in [0.2, 0.25) is 0 Å². The Morgan fingerprint density at radius 2 is 0.980 bits per heavy atom. The van der Waals surface area contributed by atoms with E-state index in [1.165, 1.54) is 64.2 Å². The zero-order valence-electron chi connectivity index (χ0n) is 31.5. The van der Waals surface area contributed by atoms with Gasteiger partial charge in [0.2, 0.25) is 5.91 Å². The summed E-state index contributed by atoms with van der Waals surface area (Å²) in [5.74, 6) is -0.925. The van der Waals surface area contributed by atoms with Crippen LogP contribution in [-0.2, 0) is 14.9 Å². The summed E-state index contributed by atoms with van der Waals surface area (Å²) in [7, 11) is -4.32. The van der Waals surface area contributed by atoms with Gasteiger partial charge in [0.05, 0.1) is 17.9 Å². The number of rotatable bonds is 35. The number of carbonyl (C=O) groups is 1. The second-order valence-corrected chi connectivity index (χ2v) is 15.0. The predicted molar refractivity (Wildman–Crippen MR) is 211 cm³/mol. The second-order valence-electron chi connectivity index (χ2n) is 13.5. The van der Waals surface area contributed by atoms with E-state index >= 15 is 0 Å². The maximum Gasteiger partial charge on any atom is 0.266 e. The van der Waals surface area contributed by atoms with Crippen molar-refractivity contribution in [1.82, 2.24) is 5.32 Å². The molecule has 0 aromatic rings. The maximum atomic E-state index is 12.5. The van der Waals surface area contributed by atoms with Gasteiger partial charge < -0.3 is 10.4 Å². The molecule has 0 bridgehead atoms. The van der Waals surface area contributed by atoms with E-state index in [9.17, 15) is 22.9 Å². The lowest BCUT2D eigenvalue weighted by Gasteiger charge is -2.23. The molecule has 2 atom stereocenters. The van der Waals surface area contributed by atoms with Gasteiger partial charge in [0, 0.05) is 6.42 Å². The normalized spacial score (nSPS) is 14.0. The first kappa shape index (κ1) is 47.0. The fourth-order valence-corrected chi connectivity index (χ4v) is 6.53. The van der Waals surface area contributed by atoms with Crippen LogP contribution in [0.3, 0.4) is 0 Å². The molecular weight excluding hydrogens is 631 g/mol. The Labute approximate surface area is 302 Å². The van der Waals surface area contributed by atoms with Crippen LogP contribution >= 0.6 is 0 Å². The highest BCUT2D eigenvalue weighted by Gasteiger charge is 2.26. The van der Waals surface area contributed by atoms with Crippen LogP contribution in [0, 0.1) is 0 Å². The average Bonchev–Trinajstić information content (AvgIpc) is 3.06. The quantitative estimate of drug-likeness (QED) is 0.0346. The highest BCUT2D eigenvalue weighted by atomic mass is 32.2. The molecule has 0 aliphatic carbocycles. The molecule has 1 amide bonds. The van der Waals surface area contributed by atoms with E-state index in [-0.39, 0.29) is 5.91 Å². The number of hydrogen-bond donors (Lipinski definition) is 3. The zero-order valence-corrected chi connectivity index (χ0v) is 32.4. The summed E-state index contributed by atoms with van der Waals surface area (Å²) in [6, 6.07) is -0.983. The summed E-state index contributed by atoms with van der Waals surface area (Å²) in [4.78, 5) is 12.5. The van der Waals surface area contributed by atoms with E-state index in [0.717, 1.165) is 89.9 Å². The summed E-state index contributed by atoms with van der Waals surface area (Å²) in [5.41, 5.74) is 0. The maximum absolute atomic E-state index is 12.5. The van der Waals surface area contributed by atoms with Gasteiger partial charge in [-0.25, -0.2) is 0 Å². The van der Waals surface area contributed by atoms with Crippen molar-refractivity contribution >= 4 is 16.0 Å². The molecule has 0 saturated heterocycles. The summed E-state index contributed by atoms with van der Waals surface area (Å²) in [6.07, 6.45) is 48.8. The van der Waals surface area contributed by atoms with Crippen molar-refractivity contribution in [1.29, 1.82) is 0 Å². The van der Waals surface area contributed by atoms with E-state index in [1.54, 1.807) is 0 Å². The number of amides is 1. The Bertz CT molecular complexity index is 999. The van der Waals surface area contributed by atoms with Crippen LogP contribution in [0.4, 0.5) is 0 Å². The fraction of sp³-hybridized carbons (Fsp3) is 0.738. The molecule has 49 heavy (non-hydrogen) atoms. The molecule has 3 N–H and O–H groups in total. The van der Waals surface area contributed by atoms with Crippen molar-refractivity contribution in [3.63, 3.8) is 0 Å². The lowest BCUT2D eigenvalue weighted by Crippen LogP contribution is -2.47. The Morgan fingerprint density at radius 1 is 0.571 bits per heavy atom. The standard InChI is InChI=1S/C42H75NO5S/c1-3-5-7-9-11-13-15-17-18-19-20-21-22-23-24-26-28-30-32-34-36-38-42(45)43-40(39-49(46,47)48)41(44)37-35-33-31-29-27-25-16-14-12-10-8-6-4-2/h5,7,11,13,17-18,20-21,23-24,40-41,44H,3-4,6,8-10,12,14-16,19,22,25-39H2,1-2H3,(H,43,45)(H,46,47,48)/b7-5-,13-11-,18-17-,21-20-,24-23-. The SMILES string of the molecule is CC/C=C\C/C=C\C/C=C\C/C=C\C/C=C\CCCCCCCC(=O)NC(CS(=O)(=O)O)C(O)CCCCCCCCCCCCCCC. The van der Waals surface area contributed by atoms with Crippen LogP contribution in [0.5, 0.6) is 0 Å². The number of nitrogens with one attached hydrogen (secondary N) is 1. The minimum absolute atomic E-state index is 0.267. The van der Waals surface area contributed by atoms with Crippen molar-refractivity contribution in [2.45, 2.75) is 193 Å². The van der Waals surface area contributed by atoms with Crippen LogP contribution in [0.1, 0.15) is 181 Å². The van der Waals surface area contributed by atoms with E-state index in [1.807, 2.05) is 0 Å². The van der Waals surface area contributed by atoms with Gasteiger partial charge in [0.25, 0.3) is 10.1 Å². The summed E-state index contributed by atoms with van der Waals surface area (Å²) in [6.45, 7) is 4.40. The smallest absolute Gasteiger partial charge is 0.266 e. The van der Waals surface area contributed by atoms with Gasteiger partial charge >= 0.3 is 0 Å². The van der Waals surface area contributed by atoms with Gasteiger partial charge in [-0.2, -0.15) is 8.42 Å². The van der Waals surface area contributed by atoms with Gasteiger partial charge in [-0.15, -0.1) is 0 Å². The molecule has 0 aliphatic rings. The third kappa shape index (κ3) is 37.1. The van der Waals surface area contributed by atoms with Crippen LogP contribution in [0.25, 0.3) is 0 Å². The highest BCUT2D eigenvalue weighted by Crippen LogP contribution is 2.15. The zero-order chi connectivity index (χ0) is 36.1. The number of aliphatic hydroxyl groups is 1. The minimum atomic E-state index is -4.32. The van der Waals surface area contributed by atoms with E-state index < -0.39 is 28.0 Å². The molecule has 0 aromatic carbocycles. The first-order valence-corrected chi connectivity index (χ1v) is 21.6. The second kappa shape index (κ2) is 35.9. The number of hydrogen-bond acceptors (Lipinski definition) is 4. The highest BCUT2D eigenvalue weighted by molar-refractivity contribution is 7.85. The number of carbonyl (C=O) groups excluding carboxylic acids is 1. The Kier molecular flexibility index (Phi) is 34.4. The molecule has 0 radical (unpaired) electrons. The molecule has 0 rings (SSSR count). The van der Waals surface area contributed by atoms with E-state index in [4.69, 9.17) is 0 Å².